The van der Waals surface area contributed by atoms with Crippen molar-refractivity contribution in [1.29, 1.82) is 0 Å². The van der Waals surface area contributed by atoms with Crippen LogP contribution < -0.4 is 5.19 Å². The molecule has 0 aliphatic rings. The Labute approximate surface area is 94.2 Å². The summed E-state index contributed by atoms with van der Waals surface area (Å²) in [5.41, 5.74) is 1.46. The number of benzene rings is 1. The van der Waals surface area contributed by atoms with Crippen molar-refractivity contribution in [2.45, 2.75) is 45.8 Å². The third-order valence-electron chi connectivity index (χ3n) is 2.67. The highest BCUT2D eigenvalue weighted by Gasteiger charge is 2.23. The predicted octanol–water partition coefficient (Wildman–Crippen LogP) is 3.23. The van der Waals surface area contributed by atoms with Crippen LogP contribution in [0.2, 0.25) is 19.6 Å². The summed E-state index contributed by atoms with van der Waals surface area (Å²) in [5.74, 6) is 0.460. The van der Waals surface area contributed by atoms with E-state index in [1.807, 2.05) is 12.1 Å². The summed E-state index contributed by atoms with van der Waals surface area (Å²) < 4.78 is 0. The van der Waals surface area contributed by atoms with Crippen molar-refractivity contribution in [2.75, 3.05) is 0 Å². The fourth-order valence-electron chi connectivity index (χ4n) is 1.60. The first-order valence-electron chi connectivity index (χ1n) is 5.46. The molecule has 84 valence electrons. The Morgan fingerprint density at radius 1 is 1.07 bits per heavy atom. The van der Waals surface area contributed by atoms with E-state index in [4.69, 9.17) is 0 Å². The third kappa shape index (κ3) is 2.85. The van der Waals surface area contributed by atoms with Gasteiger partial charge in [0.25, 0.3) is 0 Å². The van der Waals surface area contributed by atoms with Gasteiger partial charge in [0.15, 0.2) is 0 Å². The lowest BCUT2D eigenvalue weighted by molar-refractivity contribution is 0.478. The fraction of sp³-hybridized carbons (Fsp3) is 0.538. The van der Waals surface area contributed by atoms with Crippen molar-refractivity contribution < 1.29 is 5.11 Å². The second-order valence-electron chi connectivity index (χ2n) is 6.23. The summed E-state index contributed by atoms with van der Waals surface area (Å²) in [7, 11) is -1.44. The maximum atomic E-state index is 9.87. The summed E-state index contributed by atoms with van der Waals surface area (Å²) in [6.07, 6.45) is 0. The topological polar surface area (TPSA) is 20.2 Å². The van der Waals surface area contributed by atoms with Crippen molar-refractivity contribution in [3.05, 3.63) is 23.8 Å². The summed E-state index contributed by atoms with van der Waals surface area (Å²) in [6, 6.07) is 6.05. The maximum Gasteiger partial charge on any atom is 0.114 e. The minimum Gasteiger partial charge on any atom is -0.508 e. The van der Waals surface area contributed by atoms with Crippen molar-refractivity contribution in [1.82, 2.24) is 0 Å². The molecule has 1 aromatic carbocycles. The van der Waals surface area contributed by atoms with Gasteiger partial charge in [-0.15, -0.1) is 0 Å². The monoisotopic (exact) mass is 222 g/mol. The number of hydrogen-bond donors (Lipinski definition) is 1. The molecule has 0 unspecified atom stereocenters. The molecule has 0 aliphatic heterocycles. The van der Waals surface area contributed by atoms with Crippen LogP contribution in [0, 0.1) is 0 Å². The van der Waals surface area contributed by atoms with Gasteiger partial charge in [-0.3, -0.25) is 0 Å². The molecule has 0 atom stereocenters. The van der Waals surface area contributed by atoms with Gasteiger partial charge in [-0.1, -0.05) is 52.5 Å². The van der Waals surface area contributed by atoms with Crippen LogP contribution in [0.4, 0.5) is 0 Å². The normalized spacial score (nSPS) is 12.9. The van der Waals surface area contributed by atoms with Crippen LogP contribution in [-0.2, 0) is 5.41 Å². The lowest BCUT2D eigenvalue weighted by Crippen LogP contribution is -2.38. The Morgan fingerprint density at radius 2 is 1.60 bits per heavy atom. The molecule has 0 spiro atoms. The third-order valence-corrected chi connectivity index (χ3v) is 4.69. The second kappa shape index (κ2) is 3.67. The Bertz CT molecular complexity index is 356. The van der Waals surface area contributed by atoms with Crippen LogP contribution in [0.25, 0.3) is 0 Å². The van der Waals surface area contributed by atoms with E-state index in [2.05, 4.69) is 46.5 Å². The van der Waals surface area contributed by atoms with Gasteiger partial charge < -0.3 is 5.11 Å². The Balaban J connectivity index is 3.30. The Kier molecular flexibility index (Phi) is 3.01. The lowest BCUT2D eigenvalue weighted by Gasteiger charge is -2.24. The van der Waals surface area contributed by atoms with Crippen LogP contribution >= 0.6 is 0 Å². The van der Waals surface area contributed by atoms with Crippen LogP contribution in [-0.4, -0.2) is 13.2 Å². The van der Waals surface area contributed by atoms with Gasteiger partial charge in [-0.2, -0.15) is 0 Å². The molecule has 1 rings (SSSR count). The highest BCUT2D eigenvalue weighted by molar-refractivity contribution is 6.89. The fourth-order valence-corrected chi connectivity index (χ4v) is 3.04. The zero-order valence-corrected chi connectivity index (χ0v) is 11.7. The zero-order chi connectivity index (χ0) is 11.9. The predicted molar refractivity (Wildman–Crippen MR) is 69.8 cm³/mol. The molecule has 0 fully saturated rings. The molecule has 0 aromatic heterocycles. The summed E-state index contributed by atoms with van der Waals surface area (Å²) in [6.45, 7) is 13.4. The second-order valence-corrected chi connectivity index (χ2v) is 11.3. The average Bonchev–Trinajstić information content (AvgIpc) is 2.00. The smallest absolute Gasteiger partial charge is 0.114 e. The van der Waals surface area contributed by atoms with E-state index in [-0.39, 0.29) is 5.41 Å². The summed E-state index contributed by atoms with van der Waals surface area (Å²) >= 11 is 0. The lowest BCUT2D eigenvalue weighted by atomic mass is 9.87. The van der Waals surface area contributed by atoms with Crippen molar-refractivity contribution >= 4 is 13.3 Å². The van der Waals surface area contributed by atoms with Crippen molar-refractivity contribution in [2.24, 2.45) is 0 Å². The van der Waals surface area contributed by atoms with Crippen LogP contribution in [0.1, 0.15) is 26.3 Å². The van der Waals surface area contributed by atoms with E-state index < -0.39 is 8.07 Å². The molecular formula is C13H22OSi. The summed E-state index contributed by atoms with van der Waals surface area (Å²) in [5, 5.41) is 11.0. The van der Waals surface area contributed by atoms with Gasteiger partial charge in [0.2, 0.25) is 0 Å². The van der Waals surface area contributed by atoms with Gasteiger partial charge in [-0.25, -0.2) is 0 Å². The van der Waals surface area contributed by atoms with E-state index in [1.165, 1.54) is 5.56 Å². The molecule has 2 heteroatoms. The molecule has 0 bridgehead atoms. The molecule has 1 nitrogen and oxygen atoms in total. The van der Waals surface area contributed by atoms with Crippen molar-refractivity contribution in [3.63, 3.8) is 0 Å². The van der Waals surface area contributed by atoms with Gasteiger partial charge in [-0.05, 0) is 22.2 Å². The molecule has 1 aromatic rings. The van der Waals surface area contributed by atoms with E-state index in [0.29, 0.717) is 5.75 Å². The van der Waals surface area contributed by atoms with Gasteiger partial charge in [0.1, 0.15) is 5.75 Å². The Hall–Kier alpha value is -0.763. The highest BCUT2D eigenvalue weighted by atomic mass is 28.3. The molecule has 0 saturated carbocycles. The SMILES string of the molecule is CC(C)(C)c1ccc(O)c([Si](C)(C)C)c1. The van der Waals surface area contributed by atoms with Crippen LogP contribution in [0.5, 0.6) is 5.75 Å². The van der Waals surface area contributed by atoms with E-state index in [1.54, 1.807) is 0 Å². The molecular weight excluding hydrogens is 200 g/mol. The molecule has 0 amide bonds. The number of aromatic hydroxyl groups is 1. The first-order chi connectivity index (χ1) is 6.62. The minimum absolute atomic E-state index is 0.155. The zero-order valence-electron chi connectivity index (χ0n) is 10.7. The number of phenols is 1. The maximum absolute atomic E-state index is 9.87. The van der Waals surface area contributed by atoms with E-state index >= 15 is 0 Å². The largest absolute Gasteiger partial charge is 0.508 e. The number of rotatable bonds is 1. The Morgan fingerprint density at radius 3 is 2.00 bits per heavy atom. The quantitative estimate of drug-likeness (QED) is 0.723. The van der Waals surface area contributed by atoms with Gasteiger partial charge >= 0.3 is 0 Å². The standard InChI is InChI=1S/C13H22OSi/c1-13(2,3)10-7-8-11(14)12(9-10)15(4,5)6/h7-9,14H,1-6H3. The molecule has 15 heavy (non-hydrogen) atoms. The van der Waals surface area contributed by atoms with E-state index in [0.717, 1.165) is 5.19 Å². The first-order valence-corrected chi connectivity index (χ1v) is 8.96. The molecule has 0 heterocycles. The highest BCUT2D eigenvalue weighted by Crippen LogP contribution is 2.24. The van der Waals surface area contributed by atoms with Gasteiger partial charge in [0, 0.05) is 0 Å². The molecule has 1 N–H and O–H groups in total. The summed E-state index contributed by atoms with van der Waals surface area (Å²) in [4.78, 5) is 0. The molecule has 0 saturated heterocycles. The molecule has 0 aliphatic carbocycles. The number of hydrogen-bond acceptors (Lipinski definition) is 1. The van der Waals surface area contributed by atoms with Crippen LogP contribution in [0.3, 0.4) is 0 Å². The minimum atomic E-state index is -1.44. The van der Waals surface area contributed by atoms with Crippen molar-refractivity contribution in [3.8, 4) is 5.75 Å². The first kappa shape index (κ1) is 12.3. The van der Waals surface area contributed by atoms with Crippen LogP contribution in [0.15, 0.2) is 18.2 Å². The molecule has 0 radical (unpaired) electrons. The van der Waals surface area contributed by atoms with E-state index in [9.17, 15) is 5.11 Å². The number of phenolic OH excluding ortho intramolecular Hbond substituents is 1. The van der Waals surface area contributed by atoms with Gasteiger partial charge in [0.05, 0.1) is 8.07 Å². The average molecular weight is 222 g/mol.